The number of nitrogens with zero attached hydrogens (tertiary/aromatic N) is 1. The Morgan fingerprint density at radius 1 is 1.45 bits per heavy atom. The van der Waals surface area contributed by atoms with E-state index in [2.05, 4.69) is 0 Å². The molecule has 2 N–H and O–H groups in total. The summed E-state index contributed by atoms with van der Waals surface area (Å²) in [5.41, 5.74) is 5.87. The first kappa shape index (κ1) is 15.2. The van der Waals surface area contributed by atoms with Gasteiger partial charge in [-0.1, -0.05) is 6.07 Å². The van der Waals surface area contributed by atoms with E-state index in [0.29, 0.717) is 0 Å². The molecule has 20 heavy (non-hydrogen) atoms. The standard InChI is InChI=1S/C15H22N2O2S/c1-11(15(18)17-8-6-12(16)7-9-17)20-14-5-3-4-13(10-14)19-2/h3-5,10-12H,6-9,16H2,1-2H3. The molecule has 0 saturated carbocycles. The van der Waals surface area contributed by atoms with Crippen molar-refractivity contribution in [1.29, 1.82) is 0 Å². The number of hydrogen-bond donors (Lipinski definition) is 1. The van der Waals surface area contributed by atoms with E-state index in [4.69, 9.17) is 10.5 Å². The summed E-state index contributed by atoms with van der Waals surface area (Å²) < 4.78 is 5.20. The maximum Gasteiger partial charge on any atom is 0.235 e. The van der Waals surface area contributed by atoms with E-state index in [1.165, 1.54) is 0 Å². The van der Waals surface area contributed by atoms with Crippen LogP contribution in [-0.2, 0) is 4.79 Å². The number of benzene rings is 1. The van der Waals surface area contributed by atoms with Crippen LogP contribution in [0.4, 0.5) is 0 Å². The fourth-order valence-corrected chi connectivity index (χ4v) is 3.31. The van der Waals surface area contributed by atoms with Crippen molar-refractivity contribution in [2.45, 2.75) is 36.0 Å². The Hall–Kier alpha value is -1.20. The third-order valence-corrected chi connectivity index (χ3v) is 4.63. The molecule has 1 aromatic carbocycles. The van der Waals surface area contributed by atoms with Gasteiger partial charge in [-0.25, -0.2) is 0 Å². The fourth-order valence-electron chi connectivity index (χ4n) is 2.31. The van der Waals surface area contributed by atoms with Gasteiger partial charge in [-0.05, 0) is 38.0 Å². The zero-order valence-corrected chi connectivity index (χ0v) is 12.9. The molecule has 1 atom stereocenters. The van der Waals surface area contributed by atoms with Crippen LogP contribution >= 0.6 is 11.8 Å². The van der Waals surface area contributed by atoms with E-state index < -0.39 is 0 Å². The number of amides is 1. The molecular weight excluding hydrogens is 272 g/mol. The van der Waals surface area contributed by atoms with Crippen molar-refractivity contribution in [1.82, 2.24) is 4.90 Å². The SMILES string of the molecule is COc1cccc(SC(C)C(=O)N2CCC(N)CC2)c1. The first-order valence-electron chi connectivity index (χ1n) is 6.95. The molecule has 1 saturated heterocycles. The van der Waals surface area contributed by atoms with Crippen molar-refractivity contribution < 1.29 is 9.53 Å². The average Bonchev–Trinajstić information content (AvgIpc) is 2.47. The fraction of sp³-hybridized carbons (Fsp3) is 0.533. The second kappa shape index (κ2) is 6.99. The van der Waals surface area contributed by atoms with Crippen LogP contribution in [0.25, 0.3) is 0 Å². The van der Waals surface area contributed by atoms with Gasteiger partial charge in [0.2, 0.25) is 5.91 Å². The Morgan fingerprint density at radius 2 is 2.15 bits per heavy atom. The van der Waals surface area contributed by atoms with Crippen LogP contribution < -0.4 is 10.5 Å². The Morgan fingerprint density at radius 3 is 2.80 bits per heavy atom. The molecule has 1 heterocycles. The summed E-state index contributed by atoms with van der Waals surface area (Å²) >= 11 is 1.57. The molecular formula is C15H22N2O2S. The van der Waals surface area contributed by atoms with Gasteiger partial charge >= 0.3 is 0 Å². The molecule has 1 amide bonds. The number of ether oxygens (including phenoxy) is 1. The first-order chi connectivity index (χ1) is 9.60. The molecule has 4 nitrogen and oxygen atoms in total. The van der Waals surface area contributed by atoms with Crippen molar-refractivity contribution in [2.24, 2.45) is 5.73 Å². The maximum atomic E-state index is 12.4. The molecule has 1 fully saturated rings. The Labute approximate surface area is 124 Å². The zero-order chi connectivity index (χ0) is 14.5. The van der Waals surface area contributed by atoms with Crippen LogP contribution in [0, 0.1) is 0 Å². The van der Waals surface area contributed by atoms with Gasteiger partial charge < -0.3 is 15.4 Å². The van der Waals surface area contributed by atoms with Crippen molar-refractivity contribution >= 4 is 17.7 Å². The summed E-state index contributed by atoms with van der Waals surface area (Å²) in [6.45, 7) is 3.52. The highest BCUT2D eigenvalue weighted by Gasteiger charge is 2.25. The molecule has 1 aliphatic rings. The lowest BCUT2D eigenvalue weighted by molar-refractivity contribution is -0.131. The van der Waals surface area contributed by atoms with Crippen LogP contribution in [0.3, 0.4) is 0 Å². The molecule has 0 aliphatic carbocycles. The number of rotatable bonds is 4. The molecule has 2 rings (SSSR count). The van der Waals surface area contributed by atoms with Gasteiger partial charge in [0.15, 0.2) is 0 Å². The lowest BCUT2D eigenvalue weighted by atomic mass is 10.1. The molecule has 1 aliphatic heterocycles. The second-order valence-electron chi connectivity index (χ2n) is 5.10. The number of nitrogens with two attached hydrogens (primary N) is 1. The number of methoxy groups -OCH3 is 1. The quantitative estimate of drug-likeness (QED) is 0.864. The molecule has 1 unspecified atom stereocenters. The lowest BCUT2D eigenvalue weighted by Gasteiger charge is -2.31. The smallest absolute Gasteiger partial charge is 0.235 e. The van der Waals surface area contributed by atoms with Gasteiger partial charge in [0.1, 0.15) is 5.75 Å². The van der Waals surface area contributed by atoms with E-state index in [9.17, 15) is 4.79 Å². The summed E-state index contributed by atoms with van der Waals surface area (Å²) in [6.07, 6.45) is 1.81. The third-order valence-electron chi connectivity index (χ3n) is 3.55. The highest BCUT2D eigenvalue weighted by atomic mass is 32.2. The summed E-state index contributed by atoms with van der Waals surface area (Å²) in [5, 5.41) is -0.0866. The minimum atomic E-state index is -0.0866. The van der Waals surface area contributed by atoms with Crippen LogP contribution in [0.5, 0.6) is 5.75 Å². The number of thioether (sulfide) groups is 1. The monoisotopic (exact) mass is 294 g/mol. The number of piperidine rings is 1. The van der Waals surface area contributed by atoms with E-state index in [-0.39, 0.29) is 17.2 Å². The number of hydrogen-bond acceptors (Lipinski definition) is 4. The topological polar surface area (TPSA) is 55.6 Å². The number of carbonyl (C=O) groups excluding carboxylic acids is 1. The summed E-state index contributed by atoms with van der Waals surface area (Å²) in [4.78, 5) is 15.4. The van der Waals surface area contributed by atoms with Crippen molar-refractivity contribution in [3.63, 3.8) is 0 Å². The van der Waals surface area contributed by atoms with E-state index in [1.807, 2.05) is 36.1 Å². The van der Waals surface area contributed by atoms with Crippen molar-refractivity contribution in [3.05, 3.63) is 24.3 Å². The molecule has 0 bridgehead atoms. The summed E-state index contributed by atoms with van der Waals surface area (Å²) in [7, 11) is 1.65. The minimum absolute atomic E-state index is 0.0866. The lowest BCUT2D eigenvalue weighted by Crippen LogP contribution is -2.45. The van der Waals surface area contributed by atoms with Gasteiger partial charge in [0.25, 0.3) is 0 Å². The van der Waals surface area contributed by atoms with Gasteiger partial charge in [-0.2, -0.15) is 0 Å². The van der Waals surface area contributed by atoms with Crippen LogP contribution in [-0.4, -0.2) is 42.3 Å². The third kappa shape index (κ3) is 3.90. The molecule has 110 valence electrons. The number of likely N-dealkylation sites (tertiary alicyclic amines) is 1. The molecule has 0 aromatic heterocycles. The first-order valence-corrected chi connectivity index (χ1v) is 7.83. The zero-order valence-electron chi connectivity index (χ0n) is 12.0. The highest BCUT2D eigenvalue weighted by Crippen LogP contribution is 2.28. The molecule has 0 radical (unpaired) electrons. The van der Waals surface area contributed by atoms with Gasteiger partial charge in [0.05, 0.1) is 12.4 Å². The van der Waals surface area contributed by atoms with Crippen LogP contribution in [0.1, 0.15) is 19.8 Å². The van der Waals surface area contributed by atoms with E-state index in [0.717, 1.165) is 36.6 Å². The predicted molar refractivity (Wildman–Crippen MR) is 82.1 cm³/mol. The van der Waals surface area contributed by atoms with Gasteiger partial charge in [-0.3, -0.25) is 4.79 Å². The normalized spacial score (nSPS) is 17.9. The Kier molecular flexibility index (Phi) is 5.31. The second-order valence-corrected chi connectivity index (χ2v) is 6.52. The Bertz CT molecular complexity index is 459. The minimum Gasteiger partial charge on any atom is -0.497 e. The van der Waals surface area contributed by atoms with Gasteiger partial charge in [-0.15, -0.1) is 11.8 Å². The van der Waals surface area contributed by atoms with E-state index >= 15 is 0 Å². The highest BCUT2D eigenvalue weighted by molar-refractivity contribution is 8.00. The van der Waals surface area contributed by atoms with Crippen molar-refractivity contribution in [2.75, 3.05) is 20.2 Å². The summed E-state index contributed by atoms with van der Waals surface area (Å²) in [6, 6.07) is 8.06. The van der Waals surface area contributed by atoms with E-state index in [1.54, 1.807) is 18.9 Å². The molecule has 5 heteroatoms. The maximum absolute atomic E-state index is 12.4. The average molecular weight is 294 g/mol. The van der Waals surface area contributed by atoms with Gasteiger partial charge in [0, 0.05) is 24.0 Å². The van der Waals surface area contributed by atoms with Crippen LogP contribution in [0.15, 0.2) is 29.2 Å². The summed E-state index contributed by atoms with van der Waals surface area (Å²) in [5.74, 6) is 1.02. The molecule has 0 spiro atoms. The van der Waals surface area contributed by atoms with Crippen LogP contribution in [0.2, 0.25) is 0 Å². The number of carbonyl (C=O) groups is 1. The Balaban J connectivity index is 1.93. The predicted octanol–water partition coefficient (Wildman–Crippen LogP) is 2.13. The molecule has 1 aromatic rings. The van der Waals surface area contributed by atoms with Crippen molar-refractivity contribution in [3.8, 4) is 5.75 Å². The largest absolute Gasteiger partial charge is 0.497 e.